The predicted molar refractivity (Wildman–Crippen MR) is 409 cm³/mol. The number of hydrogen-bond donors (Lipinski definition) is 3. The van der Waals surface area contributed by atoms with Gasteiger partial charge in [-0.1, -0.05) is 364 Å². The predicted octanol–water partition coefficient (Wildman–Crippen LogP) is 24.0. The quantitative estimate of drug-likeness (QED) is 0.0222. The van der Waals surface area contributed by atoms with Crippen LogP contribution in [0.1, 0.15) is 415 Å². The number of phosphoric acid groups is 2. The van der Waals surface area contributed by atoms with Crippen LogP contribution in [-0.4, -0.2) is 96.7 Å². The molecule has 0 rings (SSSR count). The van der Waals surface area contributed by atoms with Gasteiger partial charge in [0.2, 0.25) is 0 Å². The van der Waals surface area contributed by atoms with Crippen molar-refractivity contribution in [1.29, 1.82) is 0 Å². The summed E-state index contributed by atoms with van der Waals surface area (Å²) in [5.74, 6) is 0.933. The van der Waals surface area contributed by atoms with Crippen molar-refractivity contribution in [2.24, 2.45) is 23.7 Å². The summed E-state index contributed by atoms with van der Waals surface area (Å²) in [4.78, 5) is 72.9. The van der Waals surface area contributed by atoms with Gasteiger partial charge in [0.15, 0.2) is 12.2 Å². The molecule has 0 spiro atoms. The highest BCUT2D eigenvalue weighted by molar-refractivity contribution is 7.47. The van der Waals surface area contributed by atoms with E-state index in [-0.39, 0.29) is 25.7 Å². The Balaban J connectivity index is 5.17. The van der Waals surface area contributed by atoms with Crippen molar-refractivity contribution < 1.29 is 80.2 Å². The molecule has 3 unspecified atom stereocenters. The second-order valence-corrected chi connectivity index (χ2v) is 34.0. The van der Waals surface area contributed by atoms with Crippen LogP contribution in [0.15, 0.2) is 0 Å². The van der Waals surface area contributed by atoms with Crippen molar-refractivity contribution >= 4 is 39.5 Å². The average molecular weight is 1470 g/mol. The Kier molecular flexibility index (Phi) is 68.7. The van der Waals surface area contributed by atoms with Crippen molar-refractivity contribution in [3.8, 4) is 0 Å². The van der Waals surface area contributed by atoms with Crippen molar-refractivity contribution in [1.82, 2.24) is 0 Å². The molecule has 100 heavy (non-hydrogen) atoms. The molecule has 19 heteroatoms. The first-order valence-corrected chi connectivity index (χ1v) is 44.7. The van der Waals surface area contributed by atoms with Gasteiger partial charge in [0.25, 0.3) is 0 Å². The molecule has 0 aliphatic heterocycles. The molecular weight excluding hydrogens is 1310 g/mol. The van der Waals surface area contributed by atoms with E-state index in [0.29, 0.717) is 31.6 Å². The molecule has 0 amide bonds. The number of hydrogen-bond acceptors (Lipinski definition) is 15. The monoisotopic (exact) mass is 1470 g/mol. The zero-order chi connectivity index (χ0) is 73.8. The Morgan fingerprint density at radius 3 is 0.620 bits per heavy atom. The van der Waals surface area contributed by atoms with E-state index < -0.39 is 97.5 Å². The Labute approximate surface area is 613 Å². The third kappa shape index (κ3) is 74.3. The third-order valence-electron chi connectivity index (χ3n) is 18.8. The smallest absolute Gasteiger partial charge is 0.462 e. The second kappa shape index (κ2) is 70.1. The highest BCUT2D eigenvalue weighted by Gasteiger charge is 2.30. The number of carbonyl (C=O) groups is 4. The molecule has 0 saturated heterocycles. The number of rotatable bonds is 78. The molecule has 0 fully saturated rings. The van der Waals surface area contributed by atoms with Gasteiger partial charge in [0, 0.05) is 25.7 Å². The summed E-state index contributed by atoms with van der Waals surface area (Å²) in [5.41, 5.74) is 0. The maximum absolute atomic E-state index is 13.1. The van der Waals surface area contributed by atoms with E-state index in [1.54, 1.807) is 0 Å². The number of ether oxygens (including phenoxy) is 4. The first kappa shape index (κ1) is 98.1. The SMILES string of the molecule is CC(C)CCCCCCCCCCCCCCCCCCCCC(=O)OC[C@H](COP(=O)(O)OCC(O)COP(=O)(O)OC[C@@H](COC(=O)CCCCCCCCC(C)C)OC(=O)CCCCCCCCCCCCCCCCC(C)C)OC(=O)CCCCCCCCCCCCC(C)C. The van der Waals surface area contributed by atoms with Crippen LogP contribution in [-0.2, 0) is 65.4 Å². The Morgan fingerprint density at radius 1 is 0.250 bits per heavy atom. The van der Waals surface area contributed by atoms with E-state index in [0.717, 1.165) is 114 Å². The van der Waals surface area contributed by atoms with Gasteiger partial charge in [-0.25, -0.2) is 9.13 Å². The highest BCUT2D eigenvalue weighted by Crippen LogP contribution is 2.45. The van der Waals surface area contributed by atoms with E-state index in [2.05, 4.69) is 55.4 Å². The van der Waals surface area contributed by atoms with Gasteiger partial charge >= 0.3 is 39.5 Å². The zero-order valence-corrected chi connectivity index (χ0v) is 67.6. The first-order chi connectivity index (χ1) is 48.1. The minimum atomic E-state index is -4.96. The molecule has 0 heterocycles. The lowest BCUT2D eigenvalue weighted by Crippen LogP contribution is -2.30. The van der Waals surface area contributed by atoms with Crippen molar-refractivity contribution in [2.75, 3.05) is 39.6 Å². The van der Waals surface area contributed by atoms with E-state index in [1.165, 1.54) is 212 Å². The summed E-state index contributed by atoms with van der Waals surface area (Å²) in [6.07, 6.45) is 57.2. The standard InChI is InChI=1S/C81H158O17P2/c1-71(2)57-49-41-33-27-21-17-13-11-9-10-12-14-19-23-30-36-45-53-61-78(83)91-67-76(97-81(86)64-56-48-38-32-26-25-29-35-43-51-59-73(5)6)69-95-99(87,88)93-65-75(82)66-94-100(89,90)96-70-77(68-92-79(84)62-54-46-40-39-44-52-60-74(7)8)98-80(85)63-55-47-37-31-24-20-16-15-18-22-28-34-42-50-58-72(3)4/h71-77,82H,9-70H2,1-8H3,(H,87,88)(H,89,90)/t75?,76-,77-/m1/s1. The first-order valence-electron chi connectivity index (χ1n) is 41.7. The third-order valence-corrected chi connectivity index (χ3v) is 20.7. The van der Waals surface area contributed by atoms with Gasteiger partial charge in [-0.3, -0.25) is 37.3 Å². The molecule has 0 radical (unpaired) electrons. The van der Waals surface area contributed by atoms with Crippen LogP contribution >= 0.6 is 15.6 Å². The number of carbonyl (C=O) groups excluding carboxylic acids is 4. The van der Waals surface area contributed by atoms with E-state index in [4.69, 9.17) is 37.0 Å². The minimum Gasteiger partial charge on any atom is -0.462 e. The Bertz CT molecular complexity index is 1950. The average Bonchev–Trinajstić information content (AvgIpc) is 0.941. The maximum Gasteiger partial charge on any atom is 0.472 e. The molecule has 0 aliphatic carbocycles. The largest absolute Gasteiger partial charge is 0.472 e. The van der Waals surface area contributed by atoms with Gasteiger partial charge in [0.05, 0.1) is 26.4 Å². The topological polar surface area (TPSA) is 237 Å². The summed E-state index contributed by atoms with van der Waals surface area (Å²) in [7, 11) is -9.92. The van der Waals surface area contributed by atoms with Gasteiger partial charge in [0.1, 0.15) is 19.3 Å². The van der Waals surface area contributed by atoms with Crippen molar-refractivity contribution in [3.05, 3.63) is 0 Å². The number of esters is 4. The second-order valence-electron chi connectivity index (χ2n) is 31.1. The molecule has 0 aliphatic rings. The lowest BCUT2D eigenvalue weighted by molar-refractivity contribution is -0.161. The molecule has 0 aromatic heterocycles. The van der Waals surface area contributed by atoms with E-state index >= 15 is 0 Å². The van der Waals surface area contributed by atoms with Crippen LogP contribution in [0.5, 0.6) is 0 Å². The summed E-state index contributed by atoms with van der Waals surface area (Å²) in [6.45, 7) is 14.2. The lowest BCUT2D eigenvalue weighted by atomic mass is 10.0. The van der Waals surface area contributed by atoms with Crippen LogP contribution in [0.4, 0.5) is 0 Å². The highest BCUT2D eigenvalue weighted by atomic mass is 31.2. The van der Waals surface area contributed by atoms with Gasteiger partial charge in [-0.2, -0.15) is 0 Å². The summed E-state index contributed by atoms with van der Waals surface area (Å²) in [5, 5.41) is 10.6. The maximum atomic E-state index is 13.1. The van der Waals surface area contributed by atoms with E-state index in [1.807, 2.05) is 0 Å². The minimum absolute atomic E-state index is 0.106. The zero-order valence-electron chi connectivity index (χ0n) is 65.8. The van der Waals surface area contributed by atoms with Crippen LogP contribution in [0.25, 0.3) is 0 Å². The fourth-order valence-electron chi connectivity index (χ4n) is 12.4. The van der Waals surface area contributed by atoms with Crippen LogP contribution in [0.3, 0.4) is 0 Å². The number of phosphoric ester groups is 2. The fraction of sp³-hybridized carbons (Fsp3) is 0.951. The molecule has 5 atom stereocenters. The Morgan fingerprint density at radius 2 is 0.420 bits per heavy atom. The normalized spacial score (nSPS) is 14.0. The Hall–Kier alpha value is -1.94. The lowest BCUT2D eigenvalue weighted by Gasteiger charge is -2.21. The summed E-state index contributed by atoms with van der Waals surface area (Å²) in [6, 6.07) is 0. The van der Waals surface area contributed by atoms with Crippen LogP contribution in [0.2, 0.25) is 0 Å². The van der Waals surface area contributed by atoms with Gasteiger partial charge in [-0.15, -0.1) is 0 Å². The van der Waals surface area contributed by atoms with Crippen molar-refractivity contribution in [2.45, 2.75) is 433 Å². The molecule has 3 N–H and O–H groups in total. The van der Waals surface area contributed by atoms with Gasteiger partial charge in [-0.05, 0) is 49.4 Å². The molecule has 0 aromatic rings. The fourth-order valence-corrected chi connectivity index (χ4v) is 14.0. The number of aliphatic hydroxyl groups excluding tert-OH is 1. The van der Waals surface area contributed by atoms with E-state index in [9.17, 15) is 43.2 Å². The molecule has 594 valence electrons. The van der Waals surface area contributed by atoms with Crippen LogP contribution in [0, 0.1) is 23.7 Å². The molecule has 0 saturated carbocycles. The molecular formula is C81H158O17P2. The number of aliphatic hydroxyl groups is 1. The van der Waals surface area contributed by atoms with Crippen LogP contribution < -0.4 is 0 Å². The van der Waals surface area contributed by atoms with Gasteiger partial charge < -0.3 is 33.8 Å². The van der Waals surface area contributed by atoms with Crippen molar-refractivity contribution in [3.63, 3.8) is 0 Å². The summed E-state index contributed by atoms with van der Waals surface area (Å²) < 4.78 is 68.6. The summed E-state index contributed by atoms with van der Waals surface area (Å²) >= 11 is 0. The molecule has 0 aromatic carbocycles. The molecule has 0 bridgehead atoms. The molecule has 17 nitrogen and oxygen atoms in total. The number of unbranched alkanes of at least 4 members (excludes halogenated alkanes) is 44.